The molecule has 2 aliphatic rings. The Kier molecular flexibility index (Phi) is 6.93. The van der Waals surface area contributed by atoms with E-state index in [4.69, 9.17) is 4.74 Å². The summed E-state index contributed by atoms with van der Waals surface area (Å²) in [5.41, 5.74) is 0.898. The third kappa shape index (κ3) is 6.18. The van der Waals surface area contributed by atoms with Gasteiger partial charge in [-0.2, -0.15) is 0 Å². The lowest BCUT2D eigenvalue weighted by Gasteiger charge is -2.39. The van der Waals surface area contributed by atoms with Gasteiger partial charge in [0.1, 0.15) is 23.4 Å². The van der Waals surface area contributed by atoms with Crippen LogP contribution in [-0.2, 0) is 12.8 Å². The van der Waals surface area contributed by atoms with Crippen LogP contribution in [0.5, 0.6) is 17.2 Å². The van der Waals surface area contributed by atoms with Gasteiger partial charge in [-0.05, 0) is 48.7 Å². The molecule has 4 rings (SSSR count). The first-order valence-corrected chi connectivity index (χ1v) is 9.95. The molecule has 0 radical (unpaired) electrons. The van der Waals surface area contributed by atoms with Crippen LogP contribution < -0.4 is 9.47 Å². The second kappa shape index (κ2) is 9.14. The molecule has 0 bridgehead atoms. The monoisotopic (exact) mass is 459 g/mol. The zero-order valence-electron chi connectivity index (χ0n) is 16.8. The van der Waals surface area contributed by atoms with Crippen molar-refractivity contribution in [3.63, 3.8) is 0 Å². The van der Waals surface area contributed by atoms with Gasteiger partial charge in [-0.1, -0.05) is 12.1 Å². The Labute approximate surface area is 184 Å². The maximum absolute atomic E-state index is 12.3. The molecule has 9 heteroatoms. The molecule has 5 nitrogen and oxygen atoms in total. The summed E-state index contributed by atoms with van der Waals surface area (Å²) in [5.74, 6) is 0.780. The van der Waals surface area contributed by atoms with Gasteiger partial charge in [0.05, 0.1) is 5.60 Å². The van der Waals surface area contributed by atoms with E-state index in [1.165, 1.54) is 12.1 Å². The molecule has 1 unspecified atom stereocenters. The molecule has 1 atom stereocenters. The van der Waals surface area contributed by atoms with Crippen molar-refractivity contribution in [2.75, 3.05) is 19.6 Å². The van der Waals surface area contributed by atoms with Crippen LogP contribution in [0.15, 0.2) is 42.5 Å². The molecule has 2 aromatic rings. The molecular weight excluding hydrogens is 435 g/mol. The van der Waals surface area contributed by atoms with Crippen molar-refractivity contribution in [2.45, 2.75) is 43.8 Å². The van der Waals surface area contributed by atoms with Crippen molar-refractivity contribution < 1.29 is 32.9 Å². The average Bonchev–Trinajstić information content (AvgIpc) is 3.06. The quantitative estimate of drug-likeness (QED) is 0.705. The van der Waals surface area contributed by atoms with Crippen LogP contribution in [0.25, 0.3) is 0 Å². The Morgan fingerprint density at radius 2 is 1.77 bits per heavy atom. The van der Waals surface area contributed by atoms with Gasteiger partial charge < -0.3 is 19.7 Å². The van der Waals surface area contributed by atoms with Crippen LogP contribution in [0.4, 0.5) is 13.2 Å². The molecule has 31 heavy (non-hydrogen) atoms. The Morgan fingerprint density at radius 1 is 1.10 bits per heavy atom. The van der Waals surface area contributed by atoms with Gasteiger partial charge >= 0.3 is 6.36 Å². The van der Waals surface area contributed by atoms with Crippen LogP contribution >= 0.6 is 12.4 Å². The topological polar surface area (TPSA) is 62.2 Å². The van der Waals surface area contributed by atoms with Gasteiger partial charge in [-0.15, -0.1) is 25.6 Å². The predicted molar refractivity (Wildman–Crippen MR) is 111 cm³/mol. The summed E-state index contributed by atoms with van der Waals surface area (Å²) < 4.78 is 46.6. The van der Waals surface area contributed by atoms with E-state index < -0.39 is 12.0 Å². The van der Waals surface area contributed by atoms with E-state index in [0.717, 1.165) is 29.8 Å². The fourth-order valence-electron chi connectivity index (χ4n) is 4.21. The lowest BCUT2D eigenvalue weighted by Crippen LogP contribution is -2.48. The number of benzene rings is 2. The standard InChI is InChI=1S/C22H24F3NO4.ClH/c23-22(24,25)30-18-4-1-15(2-5-18)13-21(28)7-9-26(10-8-21)14-19-12-16-11-17(27)3-6-20(16)29-19;/h1-6,11,19,27-28H,7-10,12-14H2;1H. The van der Waals surface area contributed by atoms with Crippen molar-refractivity contribution in [3.05, 3.63) is 53.6 Å². The summed E-state index contributed by atoms with van der Waals surface area (Å²) in [5, 5.41) is 20.5. The Bertz CT molecular complexity index is 883. The van der Waals surface area contributed by atoms with Crippen LogP contribution in [0.3, 0.4) is 0 Å². The number of hydrogen-bond acceptors (Lipinski definition) is 5. The van der Waals surface area contributed by atoms with Crippen LogP contribution in [0, 0.1) is 0 Å². The second-order valence-electron chi connectivity index (χ2n) is 8.13. The number of rotatable bonds is 5. The van der Waals surface area contributed by atoms with Gasteiger partial charge in [0.25, 0.3) is 0 Å². The van der Waals surface area contributed by atoms with E-state index in [1.807, 2.05) is 0 Å². The number of phenols is 1. The van der Waals surface area contributed by atoms with E-state index in [2.05, 4.69) is 9.64 Å². The third-order valence-electron chi connectivity index (χ3n) is 5.72. The highest BCUT2D eigenvalue weighted by Crippen LogP contribution is 2.33. The fourth-order valence-corrected chi connectivity index (χ4v) is 4.21. The van der Waals surface area contributed by atoms with E-state index in [1.54, 1.807) is 30.3 Å². The summed E-state index contributed by atoms with van der Waals surface area (Å²) in [6.45, 7) is 2.18. The molecule has 0 spiro atoms. The van der Waals surface area contributed by atoms with Crippen molar-refractivity contribution in [3.8, 4) is 17.2 Å². The predicted octanol–water partition coefficient (Wildman–Crippen LogP) is 4.09. The minimum absolute atomic E-state index is 0. The molecule has 0 aliphatic carbocycles. The first kappa shape index (κ1) is 23.5. The van der Waals surface area contributed by atoms with Crippen molar-refractivity contribution in [2.24, 2.45) is 0 Å². The lowest BCUT2D eigenvalue weighted by atomic mass is 9.85. The first-order chi connectivity index (χ1) is 14.2. The first-order valence-electron chi connectivity index (χ1n) is 9.95. The Balaban J connectivity index is 0.00000272. The minimum Gasteiger partial charge on any atom is -0.508 e. The molecule has 0 saturated carbocycles. The molecule has 0 aromatic heterocycles. The van der Waals surface area contributed by atoms with Crippen LogP contribution in [0.2, 0.25) is 0 Å². The van der Waals surface area contributed by atoms with Gasteiger partial charge in [-0.25, -0.2) is 0 Å². The van der Waals surface area contributed by atoms with Crippen LogP contribution in [0.1, 0.15) is 24.0 Å². The van der Waals surface area contributed by atoms with Crippen molar-refractivity contribution in [1.82, 2.24) is 4.90 Å². The minimum atomic E-state index is -4.71. The van der Waals surface area contributed by atoms with Gasteiger partial charge in [0, 0.05) is 38.0 Å². The molecule has 2 N–H and O–H groups in total. The second-order valence-corrected chi connectivity index (χ2v) is 8.13. The number of fused-ring (bicyclic) bond motifs is 1. The van der Waals surface area contributed by atoms with Crippen molar-refractivity contribution in [1.29, 1.82) is 0 Å². The number of ether oxygens (including phenoxy) is 2. The molecule has 1 fully saturated rings. The molecular formula is C22H25ClF3NO4. The highest BCUT2D eigenvalue weighted by molar-refractivity contribution is 5.85. The largest absolute Gasteiger partial charge is 0.573 e. The highest BCUT2D eigenvalue weighted by atomic mass is 35.5. The number of aromatic hydroxyl groups is 1. The number of likely N-dealkylation sites (tertiary alicyclic amines) is 1. The summed E-state index contributed by atoms with van der Waals surface area (Å²) in [4.78, 5) is 2.26. The number of piperidine rings is 1. The fraction of sp³-hybridized carbons (Fsp3) is 0.455. The third-order valence-corrected chi connectivity index (χ3v) is 5.72. The highest BCUT2D eigenvalue weighted by Gasteiger charge is 2.35. The van der Waals surface area contributed by atoms with E-state index in [9.17, 15) is 23.4 Å². The van der Waals surface area contributed by atoms with Crippen molar-refractivity contribution >= 4 is 12.4 Å². The Morgan fingerprint density at radius 3 is 2.42 bits per heavy atom. The SMILES string of the molecule is Cl.Oc1ccc2c(c1)CC(CN1CCC(O)(Cc3ccc(OC(F)(F)F)cc3)CC1)O2. The molecule has 2 heterocycles. The van der Waals surface area contributed by atoms with E-state index >= 15 is 0 Å². The van der Waals surface area contributed by atoms with Gasteiger partial charge in [-0.3, -0.25) is 4.90 Å². The molecule has 1 saturated heterocycles. The summed E-state index contributed by atoms with van der Waals surface area (Å²) in [6, 6.07) is 10.8. The number of phenolic OH excluding ortho intramolecular Hbond substituents is 1. The normalized spacial score (nSPS) is 20.5. The number of halogens is 4. The van der Waals surface area contributed by atoms with Gasteiger partial charge in [0.15, 0.2) is 0 Å². The lowest BCUT2D eigenvalue weighted by molar-refractivity contribution is -0.274. The van der Waals surface area contributed by atoms with E-state index in [-0.39, 0.29) is 30.0 Å². The zero-order valence-corrected chi connectivity index (χ0v) is 17.6. The number of hydrogen-bond donors (Lipinski definition) is 2. The summed E-state index contributed by atoms with van der Waals surface area (Å²) in [7, 11) is 0. The smallest absolute Gasteiger partial charge is 0.508 e. The number of alkyl halides is 3. The van der Waals surface area contributed by atoms with E-state index in [0.29, 0.717) is 32.4 Å². The maximum atomic E-state index is 12.3. The van der Waals surface area contributed by atoms with Crippen LogP contribution in [-0.4, -0.2) is 52.8 Å². The molecule has 170 valence electrons. The average molecular weight is 460 g/mol. The summed E-state index contributed by atoms with van der Waals surface area (Å²) >= 11 is 0. The van der Waals surface area contributed by atoms with Gasteiger partial charge in [0.2, 0.25) is 0 Å². The zero-order chi connectivity index (χ0) is 21.4. The summed E-state index contributed by atoms with van der Waals surface area (Å²) in [6.07, 6.45) is -2.40. The molecule has 2 aromatic carbocycles. The molecule has 2 aliphatic heterocycles. The number of aliphatic hydroxyl groups is 1. The Hall–Kier alpha value is -2.16. The molecule has 0 amide bonds. The number of nitrogens with zero attached hydrogens (tertiary/aromatic N) is 1. The maximum Gasteiger partial charge on any atom is 0.573 e.